The lowest BCUT2D eigenvalue weighted by molar-refractivity contribution is -0.117. The summed E-state index contributed by atoms with van der Waals surface area (Å²) in [4.78, 5) is 29.2. The van der Waals surface area contributed by atoms with E-state index in [2.05, 4.69) is 15.6 Å². The summed E-state index contributed by atoms with van der Waals surface area (Å²) in [6.45, 7) is 0.315. The molecule has 4 aromatic rings. The SMILES string of the molecule is O=C(NCc1ccc(Cl)cc1)c1ccc(C2CC2C(=O)Nc2ccc3cnccc3c2)c(F)c1. The molecule has 1 saturated carbocycles. The van der Waals surface area contributed by atoms with Crippen molar-refractivity contribution in [2.45, 2.75) is 18.9 Å². The molecule has 34 heavy (non-hydrogen) atoms. The van der Waals surface area contributed by atoms with E-state index in [1.165, 1.54) is 6.07 Å². The maximum atomic E-state index is 14.8. The van der Waals surface area contributed by atoms with Gasteiger partial charge in [-0.1, -0.05) is 35.9 Å². The molecular formula is C27H21ClFN3O2. The van der Waals surface area contributed by atoms with Crippen LogP contribution in [0.1, 0.15) is 33.8 Å². The summed E-state index contributed by atoms with van der Waals surface area (Å²) in [5.74, 6) is -1.47. The molecule has 2 atom stereocenters. The van der Waals surface area contributed by atoms with Crippen LogP contribution < -0.4 is 10.6 Å². The molecule has 0 bridgehead atoms. The first-order valence-electron chi connectivity index (χ1n) is 10.9. The molecule has 0 saturated heterocycles. The lowest BCUT2D eigenvalue weighted by Crippen LogP contribution is -2.23. The Bertz CT molecular complexity index is 1390. The Morgan fingerprint density at radius 3 is 2.62 bits per heavy atom. The number of carbonyl (C=O) groups excluding carboxylic acids is 2. The van der Waals surface area contributed by atoms with Gasteiger partial charge in [-0.05, 0) is 71.3 Å². The Morgan fingerprint density at radius 1 is 1.00 bits per heavy atom. The summed E-state index contributed by atoms with van der Waals surface area (Å²) in [6, 6.07) is 19.1. The molecule has 5 rings (SSSR count). The summed E-state index contributed by atoms with van der Waals surface area (Å²) < 4.78 is 14.8. The molecule has 2 amide bonds. The normalized spacial score (nSPS) is 16.8. The molecule has 5 nitrogen and oxygen atoms in total. The first-order valence-corrected chi connectivity index (χ1v) is 11.3. The average Bonchev–Trinajstić information content (AvgIpc) is 3.64. The average molecular weight is 474 g/mol. The van der Waals surface area contributed by atoms with Crippen molar-refractivity contribution in [3.8, 4) is 0 Å². The first-order chi connectivity index (χ1) is 16.5. The zero-order chi connectivity index (χ0) is 23.7. The molecule has 1 aromatic heterocycles. The van der Waals surface area contributed by atoms with E-state index in [-0.39, 0.29) is 29.2 Å². The van der Waals surface area contributed by atoms with Gasteiger partial charge in [0, 0.05) is 46.5 Å². The summed E-state index contributed by atoms with van der Waals surface area (Å²) in [5, 5.41) is 8.30. The molecule has 0 radical (unpaired) electrons. The van der Waals surface area contributed by atoms with E-state index in [1.807, 2.05) is 36.4 Å². The van der Waals surface area contributed by atoms with Crippen molar-refractivity contribution >= 4 is 39.9 Å². The molecule has 1 fully saturated rings. The second-order valence-corrected chi connectivity index (χ2v) is 8.86. The van der Waals surface area contributed by atoms with Crippen LogP contribution in [-0.4, -0.2) is 16.8 Å². The van der Waals surface area contributed by atoms with E-state index in [1.54, 1.807) is 36.7 Å². The van der Waals surface area contributed by atoms with E-state index in [4.69, 9.17) is 11.6 Å². The highest BCUT2D eigenvalue weighted by Gasteiger charge is 2.45. The van der Waals surface area contributed by atoms with E-state index in [9.17, 15) is 14.0 Å². The lowest BCUT2D eigenvalue weighted by Gasteiger charge is -2.09. The van der Waals surface area contributed by atoms with E-state index < -0.39 is 5.82 Å². The minimum absolute atomic E-state index is 0.136. The zero-order valence-corrected chi connectivity index (χ0v) is 18.9. The minimum Gasteiger partial charge on any atom is -0.348 e. The van der Waals surface area contributed by atoms with Gasteiger partial charge in [-0.2, -0.15) is 0 Å². The van der Waals surface area contributed by atoms with Crippen LogP contribution >= 0.6 is 11.6 Å². The van der Waals surface area contributed by atoms with Gasteiger partial charge >= 0.3 is 0 Å². The number of nitrogens with one attached hydrogen (secondary N) is 2. The number of aromatic nitrogens is 1. The van der Waals surface area contributed by atoms with Crippen molar-refractivity contribution in [2.24, 2.45) is 5.92 Å². The molecule has 1 aliphatic rings. The molecular weight excluding hydrogens is 453 g/mol. The molecule has 0 spiro atoms. The Balaban J connectivity index is 1.20. The third kappa shape index (κ3) is 4.77. The number of halogens is 2. The smallest absolute Gasteiger partial charge is 0.251 e. The molecule has 1 heterocycles. The fraction of sp³-hybridized carbons (Fsp3) is 0.148. The monoisotopic (exact) mass is 473 g/mol. The van der Waals surface area contributed by atoms with Crippen LogP contribution in [0.2, 0.25) is 5.02 Å². The number of carbonyl (C=O) groups is 2. The maximum absolute atomic E-state index is 14.8. The number of anilines is 1. The molecule has 2 unspecified atom stereocenters. The minimum atomic E-state index is -0.474. The van der Waals surface area contributed by atoms with Crippen LogP contribution in [0, 0.1) is 11.7 Å². The van der Waals surface area contributed by atoms with E-state index in [0.29, 0.717) is 29.2 Å². The number of fused-ring (bicyclic) bond motifs is 1. The quantitative estimate of drug-likeness (QED) is 0.377. The van der Waals surface area contributed by atoms with Crippen molar-refractivity contribution in [2.75, 3.05) is 5.32 Å². The topological polar surface area (TPSA) is 71.1 Å². The number of benzene rings is 3. The maximum Gasteiger partial charge on any atom is 0.251 e. The number of rotatable bonds is 6. The summed E-state index contributed by atoms with van der Waals surface area (Å²) in [5.41, 5.74) is 2.29. The Hall–Kier alpha value is -3.77. The Kier molecular flexibility index (Phi) is 5.99. The van der Waals surface area contributed by atoms with Crippen LogP contribution in [0.25, 0.3) is 10.8 Å². The Labute approximate surface area is 201 Å². The van der Waals surface area contributed by atoms with Gasteiger partial charge in [0.1, 0.15) is 5.82 Å². The first kappa shape index (κ1) is 22.0. The van der Waals surface area contributed by atoms with Crippen molar-refractivity contribution < 1.29 is 14.0 Å². The van der Waals surface area contributed by atoms with Crippen molar-refractivity contribution in [1.82, 2.24) is 10.3 Å². The van der Waals surface area contributed by atoms with Crippen molar-refractivity contribution in [1.29, 1.82) is 0 Å². The van der Waals surface area contributed by atoms with Gasteiger partial charge in [0.05, 0.1) is 0 Å². The predicted octanol–water partition coefficient (Wildman–Crippen LogP) is 5.70. The standard InChI is InChI=1S/C27H21ClFN3O2/c28-20-5-1-16(2-6-20)14-31-26(33)18-4-8-22(25(29)12-18)23-13-24(23)27(34)32-21-7-3-19-15-30-10-9-17(19)11-21/h1-12,15,23-24H,13-14H2,(H,31,33)(H,32,34). The molecule has 2 N–H and O–H groups in total. The summed E-state index contributed by atoms with van der Waals surface area (Å²) >= 11 is 5.87. The number of hydrogen-bond donors (Lipinski definition) is 2. The molecule has 3 aromatic carbocycles. The fourth-order valence-corrected chi connectivity index (χ4v) is 4.21. The molecule has 7 heteroatoms. The third-order valence-electron chi connectivity index (χ3n) is 6.06. The number of amides is 2. The Morgan fingerprint density at radius 2 is 1.82 bits per heavy atom. The highest BCUT2D eigenvalue weighted by atomic mass is 35.5. The molecule has 1 aliphatic carbocycles. The van der Waals surface area contributed by atoms with Crippen LogP contribution in [0.3, 0.4) is 0 Å². The van der Waals surface area contributed by atoms with Crippen molar-refractivity contribution in [3.05, 3.63) is 107 Å². The number of hydrogen-bond acceptors (Lipinski definition) is 3. The van der Waals surface area contributed by atoms with Gasteiger partial charge in [-0.3, -0.25) is 14.6 Å². The highest BCUT2D eigenvalue weighted by Crippen LogP contribution is 2.49. The van der Waals surface area contributed by atoms with Gasteiger partial charge in [0.25, 0.3) is 5.91 Å². The van der Waals surface area contributed by atoms with Gasteiger partial charge in [0.15, 0.2) is 0 Å². The van der Waals surface area contributed by atoms with Gasteiger partial charge in [0.2, 0.25) is 5.91 Å². The van der Waals surface area contributed by atoms with Gasteiger partial charge < -0.3 is 10.6 Å². The number of nitrogens with zero attached hydrogens (tertiary/aromatic N) is 1. The van der Waals surface area contributed by atoms with Gasteiger partial charge in [-0.15, -0.1) is 0 Å². The predicted molar refractivity (Wildman–Crippen MR) is 130 cm³/mol. The number of pyridine rings is 1. The van der Waals surface area contributed by atoms with Crippen LogP contribution in [0.5, 0.6) is 0 Å². The largest absolute Gasteiger partial charge is 0.348 e. The van der Waals surface area contributed by atoms with E-state index in [0.717, 1.165) is 16.3 Å². The van der Waals surface area contributed by atoms with Crippen LogP contribution in [-0.2, 0) is 11.3 Å². The second-order valence-electron chi connectivity index (χ2n) is 8.42. The molecule has 170 valence electrons. The fourth-order valence-electron chi connectivity index (χ4n) is 4.08. The lowest BCUT2D eigenvalue weighted by atomic mass is 10.0. The van der Waals surface area contributed by atoms with Crippen LogP contribution in [0.4, 0.5) is 10.1 Å². The van der Waals surface area contributed by atoms with Crippen LogP contribution in [0.15, 0.2) is 79.1 Å². The third-order valence-corrected chi connectivity index (χ3v) is 6.32. The van der Waals surface area contributed by atoms with Gasteiger partial charge in [-0.25, -0.2) is 4.39 Å². The van der Waals surface area contributed by atoms with E-state index >= 15 is 0 Å². The summed E-state index contributed by atoms with van der Waals surface area (Å²) in [7, 11) is 0. The zero-order valence-electron chi connectivity index (χ0n) is 18.1. The molecule has 0 aliphatic heterocycles. The van der Waals surface area contributed by atoms with Crippen molar-refractivity contribution in [3.63, 3.8) is 0 Å². The summed E-state index contributed by atoms with van der Waals surface area (Å²) in [6.07, 6.45) is 4.04. The second kappa shape index (κ2) is 9.23. The highest BCUT2D eigenvalue weighted by molar-refractivity contribution is 6.30.